The van der Waals surface area contributed by atoms with E-state index < -0.39 is 10.0 Å². The van der Waals surface area contributed by atoms with Gasteiger partial charge in [-0.2, -0.15) is 0 Å². The third-order valence-corrected chi connectivity index (χ3v) is 7.32. The summed E-state index contributed by atoms with van der Waals surface area (Å²) in [7, 11) is 1.41. The SMILES string of the molecule is CN=C(NCc1ccc(S(=O)(=O)N(C)C)s1)NCC1(C)CCCO1.I. The zero-order chi connectivity index (χ0) is 17.8. The highest BCUT2D eigenvalue weighted by molar-refractivity contribution is 14.0. The molecule has 1 fully saturated rings. The van der Waals surface area contributed by atoms with Crippen LogP contribution in [0.5, 0.6) is 0 Å². The van der Waals surface area contributed by atoms with Crippen molar-refractivity contribution in [3.63, 3.8) is 0 Å². The van der Waals surface area contributed by atoms with Gasteiger partial charge in [0.25, 0.3) is 10.0 Å². The van der Waals surface area contributed by atoms with Crippen LogP contribution in [0, 0.1) is 0 Å². The molecular formula is C15H27IN4O3S2. The van der Waals surface area contributed by atoms with E-state index in [9.17, 15) is 8.42 Å². The summed E-state index contributed by atoms with van der Waals surface area (Å²) in [5, 5.41) is 6.48. The van der Waals surface area contributed by atoms with Crippen molar-refractivity contribution in [3.8, 4) is 0 Å². The Kier molecular flexibility index (Phi) is 8.58. The first-order valence-corrected chi connectivity index (χ1v) is 10.1. The van der Waals surface area contributed by atoms with Crippen LogP contribution >= 0.6 is 35.3 Å². The molecule has 0 saturated carbocycles. The van der Waals surface area contributed by atoms with Gasteiger partial charge in [0.15, 0.2) is 5.96 Å². The summed E-state index contributed by atoms with van der Waals surface area (Å²) >= 11 is 1.26. The Hall–Kier alpha value is -0.430. The van der Waals surface area contributed by atoms with Crippen LogP contribution in [-0.4, -0.2) is 58.6 Å². The van der Waals surface area contributed by atoms with Crippen LogP contribution in [0.15, 0.2) is 21.3 Å². The molecule has 0 aliphatic carbocycles. The van der Waals surface area contributed by atoms with E-state index in [0.717, 1.165) is 24.3 Å². The maximum absolute atomic E-state index is 12.1. The van der Waals surface area contributed by atoms with Crippen molar-refractivity contribution < 1.29 is 13.2 Å². The molecule has 1 aliphatic rings. The summed E-state index contributed by atoms with van der Waals surface area (Å²) in [6, 6.07) is 3.46. The fourth-order valence-electron chi connectivity index (χ4n) is 2.41. The van der Waals surface area contributed by atoms with Gasteiger partial charge in [-0.25, -0.2) is 12.7 Å². The number of halogens is 1. The first-order chi connectivity index (χ1) is 11.3. The minimum Gasteiger partial charge on any atom is -0.373 e. The summed E-state index contributed by atoms with van der Waals surface area (Å²) in [6.45, 7) is 4.11. The maximum atomic E-state index is 12.1. The van der Waals surface area contributed by atoms with Crippen molar-refractivity contribution in [3.05, 3.63) is 17.0 Å². The van der Waals surface area contributed by atoms with E-state index in [1.807, 2.05) is 6.07 Å². The zero-order valence-electron chi connectivity index (χ0n) is 15.0. The number of rotatable bonds is 6. The molecular weight excluding hydrogens is 475 g/mol. The van der Waals surface area contributed by atoms with Gasteiger partial charge in [-0.3, -0.25) is 4.99 Å². The van der Waals surface area contributed by atoms with Crippen LogP contribution in [0.2, 0.25) is 0 Å². The summed E-state index contributed by atoms with van der Waals surface area (Å²) < 4.78 is 31.5. The molecule has 1 aliphatic heterocycles. The molecule has 0 bridgehead atoms. The van der Waals surface area contributed by atoms with E-state index >= 15 is 0 Å². The van der Waals surface area contributed by atoms with Crippen LogP contribution in [0.4, 0.5) is 0 Å². The number of hydrogen-bond acceptors (Lipinski definition) is 5. The number of nitrogens with zero attached hydrogens (tertiary/aromatic N) is 2. The van der Waals surface area contributed by atoms with Crippen molar-refractivity contribution in [2.75, 3.05) is 34.3 Å². The van der Waals surface area contributed by atoms with Gasteiger partial charge in [-0.15, -0.1) is 35.3 Å². The third kappa shape index (κ3) is 6.05. The monoisotopic (exact) mass is 502 g/mol. The zero-order valence-corrected chi connectivity index (χ0v) is 19.0. The second-order valence-electron chi connectivity index (χ2n) is 6.19. The number of sulfonamides is 1. The van der Waals surface area contributed by atoms with Gasteiger partial charge >= 0.3 is 0 Å². The minimum absolute atomic E-state index is 0. The van der Waals surface area contributed by atoms with Gasteiger partial charge in [0.05, 0.1) is 12.1 Å². The average molecular weight is 502 g/mol. The Morgan fingerprint density at radius 1 is 1.40 bits per heavy atom. The molecule has 1 atom stereocenters. The molecule has 2 N–H and O–H groups in total. The summed E-state index contributed by atoms with van der Waals surface area (Å²) in [6.07, 6.45) is 2.12. The van der Waals surface area contributed by atoms with Crippen molar-refractivity contribution in [1.29, 1.82) is 0 Å². The predicted octanol–water partition coefficient (Wildman–Crippen LogP) is 1.85. The molecule has 1 aromatic heterocycles. The smallest absolute Gasteiger partial charge is 0.252 e. The summed E-state index contributed by atoms with van der Waals surface area (Å²) in [5.74, 6) is 0.678. The molecule has 0 radical (unpaired) electrons. The Bertz CT molecular complexity index is 683. The Balaban J connectivity index is 0.00000312. The lowest BCUT2D eigenvalue weighted by Gasteiger charge is -2.24. The lowest BCUT2D eigenvalue weighted by Crippen LogP contribution is -2.45. The van der Waals surface area contributed by atoms with Crippen LogP contribution in [0.3, 0.4) is 0 Å². The molecule has 0 aromatic carbocycles. The van der Waals surface area contributed by atoms with Gasteiger partial charge in [0.2, 0.25) is 0 Å². The van der Waals surface area contributed by atoms with Crippen LogP contribution in [-0.2, 0) is 21.3 Å². The fourth-order valence-corrected chi connectivity index (χ4v) is 4.87. The number of guanidine groups is 1. The van der Waals surface area contributed by atoms with Crippen molar-refractivity contribution >= 4 is 51.3 Å². The third-order valence-electron chi connectivity index (χ3n) is 3.96. The molecule has 1 unspecified atom stereocenters. The van der Waals surface area contributed by atoms with Gasteiger partial charge in [-0.05, 0) is 31.9 Å². The lowest BCUT2D eigenvalue weighted by atomic mass is 10.0. The summed E-state index contributed by atoms with van der Waals surface area (Å²) in [5.41, 5.74) is -0.145. The van der Waals surface area contributed by atoms with Crippen molar-refractivity contribution in [2.24, 2.45) is 4.99 Å². The predicted molar refractivity (Wildman–Crippen MR) is 112 cm³/mol. The molecule has 2 rings (SSSR count). The topological polar surface area (TPSA) is 83.0 Å². The number of aliphatic imine (C=N–C) groups is 1. The maximum Gasteiger partial charge on any atom is 0.252 e. The highest BCUT2D eigenvalue weighted by Crippen LogP contribution is 2.24. The number of nitrogens with one attached hydrogen (secondary N) is 2. The van der Waals surface area contributed by atoms with Crippen molar-refractivity contribution in [1.82, 2.24) is 14.9 Å². The first-order valence-electron chi connectivity index (χ1n) is 7.86. The quantitative estimate of drug-likeness (QED) is 0.353. The average Bonchev–Trinajstić information content (AvgIpc) is 3.17. The molecule has 25 heavy (non-hydrogen) atoms. The van der Waals surface area contributed by atoms with Gasteiger partial charge in [-0.1, -0.05) is 0 Å². The Labute approximate surface area is 171 Å². The first kappa shape index (κ1) is 22.6. The molecule has 2 heterocycles. The highest BCUT2D eigenvalue weighted by atomic mass is 127. The minimum atomic E-state index is -3.37. The van der Waals surface area contributed by atoms with Crippen LogP contribution in [0.1, 0.15) is 24.6 Å². The molecule has 7 nitrogen and oxygen atoms in total. The molecule has 0 spiro atoms. The van der Waals surface area contributed by atoms with E-state index in [1.54, 1.807) is 13.1 Å². The molecule has 1 aromatic rings. The van der Waals surface area contributed by atoms with Crippen LogP contribution < -0.4 is 10.6 Å². The lowest BCUT2D eigenvalue weighted by molar-refractivity contribution is 0.0243. The van der Waals surface area contributed by atoms with Gasteiger partial charge in [0.1, 0.15) is 4.21 Å². The van der Waals surface area contributed by atoms with Gasteiger partial charge in [0, 0.05) is 39.2 Å². The van der Waals surface area contributed by atoms with E-state index in [-0.39, 0.29) is 29.6 Å². The second kappa shape index (κ2) is 9.49. The van der Waals surface area contributed by atoms with Crippen molar-refractivity contribution in [2.45, 2.75) is 36.1 Å². The van der Waals surface area contributed by atoms with E-state index in [0.29, 0.717) is 23.3 Å². The molecule has 144 valence electrons. The van der Waals surface area contributed by atoms with Crippen LogP contribution in [0.25, 0.3) is 0 Å². The molecule has 0 amide bonds. The standard InChI is InChI=1S/C15H26N4O3S2.HI/c1-15(8-5-9-22-15)11-18-14(16-2)17-10-12-6-7-13(23-12)24(20,21)19(3)4;/h6-7H,5,8-11H2,1-4H3,(H2,16,17,18);1H. The fraction of sp³-hybridized carbons (Fsp3) is 0.667. The molecule has 1 saturated heterocycles. The highest BCUT2D eigenvalue weighted by Gasteiger charge is 2.29. The number of thiophene rings is 1. The Morgan fingerprint density at radius 2 is 2.12 bits per heavy atom. The second-order valence-corrected chi connectivity index (χ2v) is 9.74. The number of ether oxygens (including phenoxy) is 1. The van der Waals surface area contributed by atoms with E-state index in [2.05, 4.69) is 22.5 Å². The Morgan fingerprint density at radius 3 is 2.68 bits per heavy atom. The van der Waals surface area contributed by atoms with E-state index in [1.165, 1.54) is 29.7 Å². The normalized spacial score (nSPS) is 21.2. The summed E-state index contributed by atoms with van der Waals surface area (Å²) in [4.78, 5) is 5.13. The van der Waals surface area contributed by atoms with E-state index in [4.69, 9.17) is 4.74 Å². The van der Waals surface area contributed by atoms with Gasteiger partial charge < -0.3 is 15.4 Å². The number of hydrogen-bond donors (Lipinski definition) is 2. The largest absolute Gasteiger partial charge is 0.373 e. The molecule has 10 heteroatoms.